The summed E-state index contributed by atoms with van der Waals surface area (Å²) >= 11 is 0. The van der Waals surface area contributed by atoms with E-state index in [9.17, 15) is 4.79 Å². The molecule has 2 aromatic heterocycles. The first-order chi connectivity index (χ1) is 9.22. The van der Waals surface area contributed by atoms with E-state index in [1.54, 1.807) is 10.9 Å². The van der Waals surface area contributed by atoms with Crippen LogP contribution >= 0.6 is 0 Å². The number of rotatable bonds is 2. The van der Waals surface area contributed by atoms with Gasteiger partial charge in [-0.15, -0.1) is 0 Å². The number of hydrogen-bond acceptors (Lipinski definition) is 6. The molecule has 0 N–H and O–H groups in total. The lowest BCUT2D eigenvalue weighted by molar-refractivity contribution is -0.141. The number of nitrogens with zero attached hydrogens (tertiary/aromatic N) is 5. The molecule has 1 saturated heterocycles. The first-order valence-corrected chi connectivity index (χ1v) is 6.19. The Morgan fingerprint density at radius 1 is 1.47 bits per heavy atom. The van der Waals surface area contributed by atoms with Crippen LogP contribution in [0.5, 0.6) is 0 Å². The Labute approximate surface area is 110 Å². The first kappa shape index (κ1) is 11.9. The second-order valence-electron chi connectivity index (χ2n) is 4.58. The van der Waals surface area contributed by atoms with Crippen molar-refractivity contribution in [3.8, 4) is 0 Å². The van der Waals surface area contributed by atoms with Crippen molar-refractivity contribution in [3.63, 3.8) is 0 Å². The van der Waals surface area contributed by atoms with Crippen LogP contribution in [0.1, 0.15) is 12.8 Å². The second kappa shape index (κ2) is 4.49. The molecule has 0 bridgehead atoms. The van der Waals surface area contributed by atoms with Crippen LogP contribution in [0.25, 0.3) is 11.0 Å². The Kier molecular flexibility index (Phi) is 2.81. The molecule has 0 aromatic carbocycles. The molecule has 0 amide bonds. The van der Waals surface area contributed by atoms with E-state index in [0.29, 0.717) is 0 Å². The topological polar surface area (TPSA) is 73.1 Å². The minimum atomic E-state index is -0.261. The number of ether oxygens (including phenoxy) is 1. The van der Waals surface area contributed by atoms with Crippen molar-refractivity contribution >= 4 is 22.8 Å². The van der Waals surface area contributed by atoms with E-state index >= 15 is 0 Å². The van der Waals surface area contributed by atoms with E-state index in [0.717, 1.165) is 36.2 Å². The standard InChI is InChI=1S/C12H15N5O2/c1-16-10-8(6-15-16)11(14-7-13-10)17-5-3-4-9(17)12(18)19-2/h6-7,9H,3-5H2,1-2H3. The lowest BCUT2D eigenvalue weighted by Gasteiger charge is -2.23. The predicted molar refractivity (Wildman–Crippen MR) is 68.7 cm³/mol. The third-order valence-corrected chi connectivity index (χ3v) is 3.51. The number of fused-ring (bicyclic) bond motifs is 1. The van der Waals surface area contributed by atoms with Gasteiger partial charge in [0.2, 0.25) is 0 Å². The molecule has 19 heavy (non-hydrogen) atoms. The van der Waals surface area contributed by atoms with Crippen LogP contribution in [-0.4, -0.2) is 45.4 Å². The van der Waals surface area contributed by atoms with Gasteiger partial charge < -0.3 is 9.64 Å². The fourth-order valence-electron chi connectivity index (χ4n) is 2.58. The zero-order valence-corrected chi connectivity index (χ0v) is 10.9. The largest absolute Gasteiger partial charge is 0.467 e. The summed E-state index contributed by atoms with van der Waals surface area (Å²) in [6.45, 7) is 0.792. The van der Waals surface area contributed by atoms with Crippen molar-refractivity contribution in [1.82, 2.24) is 19.7 Å². The van der Waals surface area contributed by atoms with Crippen LogP contribution in [0.3, 0.4) is 0 Å². The molecular formula is C12H15N5O2. The zero-order chi connectivity index (χ0) is 13.4. The highest BCUT2D eigenvalue weighted by Crippen LogP contribution is 2.29. The van der Waals surface area contributed by atoms with Crippen molar-refractivity contribution in [3.05, 3.63) is 12.5 Å². The van der Waals surface area contributed by atoms with E-state index < -0.39 is 0 Å². The zero-order valence-electron chi connectivity index (χ0n) is 10.9. The van der Waals surface area contributed by atoms with Crippen LogP contribution in [0.4, 0.5) is 5.82 Å². The summed E-state index contributed by atoms with van der Waals surface area (Å²) < 4.78 is 6.56. The Balaban J connectivity index is 2.06. The Bertz CT molecular complexity index is 624. The van der Waals surface area contributed by atoms with Crippen LogP contribution < -0.4 is 4.90 Å². The smallest absolute Gasteiger partial charge is 0.328 e. The first-order valence-electron chi connectivity index (χ1n) is 6.19. The molecule has 0 spiro atoms. The highest BCUT2D eigenvalue weighted by Gasteiger charge is 2.33. The average molecular weight is 261 g/mol. The van der Waals surface area contributed by atoms with Gasteiger partial charge in [0.15, 0.2) is 5.65 Å². The van der Waals surface area contributed by atoms with Crippen LogP contribution in [0.15, 0.2) is 12.5 Å². The van der Waals surface area contributed by atoms with E-state index in [4.69, 9.17) is 4.74 Å². The van der Waals surface area contributed by atoms with E-state index in [1.165, 1.54) is 13.4 Å². The van der Waals surface area contributed by atoms with Crippen LogP contribution in [0.2, 0.25) is 0 Å². The summed E-state index contributed by atoms with van der Waals surface area (Å²) in [5.41, 5.74) is 0.764. The molecular weight excluding hydrogens is 246 g/mol. The summed E-state index contributed by atoms with van der Waals surface area (Å²) in [4.78, 5) is 22.3. The highest BCUT2D eigenvalue weighted by atomic mass is 16.5. The molecule has 0 aliphatic carbocycles. The van der Waals surface area contributed by atoms with Gasteiger partial charge in [-0.3, -0.25) is 4.68 Å². The van der Waals surface area contributed by atoms with Gasteiger partial charge in [-0.2, -0.15) is 5.10 Å². The molecule has 1 unspecified atom stereocenters. The molecule has 3 rings (SSSR count). The fraction of sp³-hybridized carbons (Fsp3) is 0.500. The Hall–Kier alpha value is -2.18. The number of anilines is 1. The van der Waals surface area contributed by atoms with Gasteiger partial charge in [-0.1, -0.05) is 0 Å². The number of carbonyl (C=O) groups is 1. The summed E-state index contributed by atoms with van der Waals surface area (Å²) in [6.07, 6.45) is 4.98. The Morgan fingerprint density at radius 2 is 2.32 bits per heavy atom. The second-order valence-corrected chi connectivity index (χ2v) is 4.58. The summed E-state index contributed by atoms with van der Waals surface area (Å²) in [7, 11) is 3.25. The molecule has 0 radical (unpaired) electrons. The molecule has 1 aliphatic heterocycles. The molecule has 3 heterocycles. The molecule has 1 aliphatic rings. The number of aromatic nitrogens is 4. The third-order valence-electron chi connectivity index (χ3n) is 3.51. The number of aryl methyl sites for hydroxylation is 1. The SMILES string of the molecule is COC(=O)C1CCCN1c1ncnc2c1cnn2C. The molecule has 2 aromatic rings. The van der Waals surface area contributed by atoms with Crippen molar-refractivity contribution in [2.24, 2.45) is 7.05 Å². The fourth-order valence-corrected chi connectivity index (χ4v) is 2.58. The maximum absolute atomic E-state index is 11.8. The minimum Gasteiger partial charge on any atom is -0.467 e. The average Bonchev–Trinajstić information content (AvgIpc) is 3.05. The van der Waals surface area contributed by atoms with Crippen molar-refractivity contribution in [2.45, 2.75) is 18.9 Å². The van der Waals surface area contributed by atoms with E-state index in [-0.39, 0.29) is 12.0 Å². The predicted octanol–water partition coefficient (Wildman–Crippen LogP) is 0.505. The number of esters is 1. The molecule has 1 atom stereocenters. The van der Waals surface area contributed by atoms with Gasteiger partial charge in [0, 0.05) is 13.6 Å². The molecule has 1 fully saturated rings. The van der Waals surface area contributed by atoms with Gasteiger partial charge in [-0.25, -0.2) is 14.8 Å². The van der Waals surface area contributed by atoms with Gasteiger partial charge in [0.25, 0.3) is 0 Å². The van der Waals surface area contributed by atoms with Gasteiger partial charge in [0.05, 0.1) is 18.7 Å². The molecule has 0 saturated carbocycles. The van der Waals surface area contributed by atoms with Crippen molar-refractivity contribution < 1.29 is 9.53 Å². The van der Waals surface area contributed by atoms with E-state index in [2.05, 4.69) is 15.1 Å². The minimum absolute atomic E-state index is 0.215. The monoisotopic (exact) mass is 261 g/mol. The quantitative estimate of drug-likeness (QED) is 0.733. The molecule has 7 nitrogen and oxygen atoms in total. The molecule has 7 heteroatoms. The lowest BCUT2D eigenvalue weighted by atomic mass is 10.2. The van der Waals surface area contributed by atoms with Crippen molar-refractivity contribution in [1.29, 1.82) is 0 Å². The summed E-state index contributed by atoms with van der Waals surface area (Å²) in [6, 6.07) is -0.261. The third kappa shape index (κ3) is 1.81. The maximum atomic E-state index is 11.8. The lowest BCUT2D eigenvalue weighted by Crippen LogP contribution is -2.37. The maximum Gasteiger partial charge on any atom is 0.328 e. The van der Waals surface area contributed by atoms with Gasteiger partial charge >= 0.3 is 5.97 Å². The number of hydrogen-bond donors (Lipinski definition) is 0. The summed E-state index contributed by atoms with van der Waals surface area (Å²) in [5, 5.41) is 5.05. The number of carbonyl (C=O) groups excluding carboxylic acids is 1. The van der Waals surface area contributed by atoms with Crippen molar-refractivity contribution in [2.75, 3.05) is 18.6 Å². The normalized spacial score (nSPS) is 19.1. The van der Waals surface area contributed by atoms with E-state index in [1.807, 2.05) is 11.9 Å². The highest BCUT2D eigenvalue weighted by molar-refractivity contribution is 5.90. The molecule has 100 valence electrons. The van der Waals surface area contributed by atoms with Crippen LogP contribution in [-0.2, 0) is 16.6 Å². The van der Waals surface area contributed by atoms with Gasteiger partial charge in [0.1, 0.15) is 18.2 Å². The van der Waals surface area contributed by atoms with Gasteiger partial charge in [-0.05, 0) is 12.8 Å². The number of methoxy groups -OCH3 is 1. The van der Waals surface area contributed by atoms with Crippen LogP contribution in [0, 0.1) is 0 Å². The summed E-state index contributed by atoms with van der Waals surface area (Å²) in [5.74, 6) is 0.541. The Morgan fingerprint density at radius 3 is 3.11 bits per heavy atom.